The van der Waals surface area contributed by atoms with Gasteiger partial charge in [-0.05, 0) is 24.1 Å². The second-order valence-corrected chi connectivity index (χ2v) is 5.08. The first-order chi connectivity index (χ1) is 11.2. The normalized spacial score (nSPS) is 12.2. The fourth-order valence-electron chi connectivity index (χ4n) is 2.43. The van der Waals surface area contributed by atoms with Crippen molar-refractivity contribution in [1.82, 2.24) is 9.55 Å². The zero-order valence-corrected chi connectivity index (χ0v) is 12.6. The summed E-state index contributed by atoms with van der Waals surface area (Å²) in [5.41, 5.74) is 1.59. The molecular weight excluding hydrogens is 296 g/mol. The van der Waals surface area contributed by atoms with Crippen LogP contribution in [0.2, 0.25) is 0 Å². The number of rotatable bonds is 5. The summed E-state index contributed by atoms with van der Waals surface area (Å²) >= 11 is 0. The molecule has 2 heterocycles. The minimum atomic E-state index is -0.762. The first kappa shape index (κ1) is 15.0. The molecule has 0 radical (unpaired) electrons. The van der Waals surface area contributed by atoms with Crippen molar-refractivity contribution in [3.05, 3.63) is 64.8 Å². The average Bonchev–Trinajstić information content (AvgIpc) is 2.91. The summed E-state index contributed by atoms with van der Waals surface area (Å²) in [6.45, 7) is 1.97. The van der Waals surface area contributed by atoms with Gasteiger partial charge in [0.05, 0.1) is 0 Å². The van der Waals surface area contributed by atoms with Crippen LogP contribution in [-0.4, -0.2) is 15.5 Å². The Morgan fingerprint density at radius 1 is 1.26 bits per heavy atom. The van der Waals surface area contributed by atoms with Crippen LogP contribution in [0.5, 0.6) is 0 Å². The highest BCUT2D eigenvalue weighted by Gasteiger charge is 2.26. The van der Waals surface area contributed by atoms with E-state index in [0.717, 1.165) is 5.56 Å². The highest BCUT2D eigenvalue weighted by molar-refractivity contribution is 5.77. The van der Waals surface area contributed by atoms with Crippen molar-refractivity contribution in [2.45, 2.75) is 26.0 Å². The van der Waals surface area contributed by atoms with E-state index in [0.29, 0.717) is 17.7 Å². The Bertz CT molecular complexity index is 867. The van der Waals surface area contributed by atoms with Crippen LogP contribution in [0.25, 0.3) is 11.2 Å². The van der Waals surface area contributed by atoms with Crippen molar-refractivity contribution >= 4 is 17.2 Å². The van der Waals surface area contributed by atoms with Gasteiger partial charge in [0.25, 0.3) is 0 Å². The Hall–Kier alpha value is -2.89. The average molecular weight is 312 g/mol. The van der Waals surface area contributed by atoms with Crippen molar-refractivity contribution in [1.29, 1.82) is 0 Å². The molecule has 0 amide bonds. The first-order valence-corrected chi connectivity index (χ1v) is 7.37. The maximum atomic E-state index is 12.4. The van der Waals surface area contributed by atoms with E-state index in [2.05, 4.69) is 4.98 Å². The number of hydrogen-bond donors (Lipinski definition) is 0. The van der Waals surface area contributed by atoms with Crippen molar-refractivity contribution in [2.24, 2.45) is 0 Å². The smallest absolute Gasteiger partial charge is 0.422 e. The Labute approximate surface area is 132 Å². The van der Waals surface area contributed by atoms with Gasteiger partial charge in [-0.25, -0.2) is 19.1 Å². The number of oxazole rings is 1. The molecule has 1 aromatic carbocycles. The summed E-state index contributed by atoms with van der Waals surface area (Å²) < 4.78 is 11.7. The number of carbonyl (C=O) groups excluding carboxylic acids is 1. The first-order valence-electron chi connectivity index (χ1n) is 7.37. The number of aromatic nitrogens is 2. The molecule has 0 bridgehead atoms. The molecule has 23 heavy (non-hydrogen) atoms. The van der Waals surface area contributed by atoms with E-state index < -0.39 is 17.8 Å². The Balaban J connectivity index is 1.85. The van der Waals surface area contributed by atoms with E-state index in [1.807, 2.05) is 37.3 Å². The third-order valence-corrected chi connectivity index (χ3v) is 3.57. The van der Waals surface area contributed by atoms with Gasteiger partial charge in [-0.1, -0.05) is 37.3 Å². The molecule has 6 nitrogen and oxygen atoms in total. The highest BCUT2D eigenvalue weighted by Crippen LogP contribution is 2.19. The molecule has 0 saturated heterocycles. The number of hydrogen-bond acceptors (Lipinski definition) is 5. The molecule has 1 unspecified atom stereocenters. The van der Waals surface area contributed by atoms with E-state index >= 15 is 0 Å². The Morgan fingerprint density at radius 2 is 2.04 bits per heavy atom. The quantitative estimate of drug-likeness (QED) is 0.677. The number of esters is 1. The highest BCUT2D eigenvalue weighted by atomic mass is 16.5. The zero-order valence-electron chi connectivity index (χ0n) is 12.6. The van der Waals surface area contributed by atoms with Gasteiger partial charge in [0, 0.05) is 6.20 Å². The molecule has 6 heteroatoms. The summed E-state index contributed by atoms with van der Waals surface area (Å²) in [6.07, 6.45) is 1.95. The predicted octanol–water partition coefficient (Wildman–Crippen LogP) is 2.68. The van der Waals surface area contributed by atoms with Crippen LogP contribution in [0.3, 0.4) is 0 Å². The molecule has 0 fully saturated rings. The van der Waals surface area contributed by atoms with Gasteiger partial charge in [0.15, 0.2) is 11.2 Å². The minimum Gasteiger partial charge on any atom is -0.459 e. The Kier molecular flexibility index (Phi) is 4.23. The van der Waals surface area contributed by atoms with Crippen LogP contribution in [0.4, 0.5) is 0 Å². The maximum Gasteiger partial charge on any atom is 0.422 e. The predicted molar refractivity (Wildman–Crippen MR) is 83.8 cm³/mol. The molecule has 0 aliphatic heterocycles. The van der Waals surface area contributed by atoms with E-state index in [-0.39, 0.29) is 6.61 Å². The van der Waals surface area contributed by atoms with Crippen LogP contribution in [-0.2, 0) is 16.1 Å². The second-order valence-electron chi connectivity index (χ2n) is 5.08. The molecular formula is C17H16N2O4. The van der Waals surface area contributed by atoms with Gasteiger partial charge in [-0.3, -0.25) is 0 Å². The maximum absolute atomic E-state index is 12.4. The van der Waals surface area contributed by atoms with E-state index in [4.69, 9.17) is 9.15 Å². The number of nitrogens with zero attached hydrogens (tertiary/aromatic N) is 2. The summed E-state index contributed by atoms with van der Waals surface area (Å²) in [7, 11) is 0. The standard InChI is InChI=1S/C17H16N2O4/c1-2-13(16(20)22-11-12-7-4-3-5-8-12)19-15-14(23-17(19)21)9-6-10-18-15/h3-10,13H,2,11H2,1H3. The molecule has 0 saturated carbocycles. The van der Waals surface area contributed by atoms with Crippen LogP contribution in [0.1, 0.15) is 24.9 Å². The SMILES string of the molecule is CCC(C(=O)OCc1ccccc1)n1c(=O)oc2cccnc21. The second kappa shape index (κ2) is 6.48. The van der Waals surface area contributed by atoms with Crippen LogP contribution < -0.4 is 5.76 Å². The van der Waals surface area contributed by atoms with E-state index in [9.17, 15) is 9.59 Å². The number of ether oxygens (including phenoxy) is 1. The monoisotopic (exact) mass is 312 g/mol. The lowest BCUT2D eigenvalue weighted by molar-refractivity contribution is -0.149. The minimum absolute atomic E-state index is 0.161. The van der Waals surface area contributed by atoms with Crippen molar-refractivity contribution in [2.75, 3.05) is 0 Å². The molecule has 0 spiro atoms. The molecule has 0 N–H and O–H groups in total. The van der Waals surface area contributed by atoms with Gasteiger partial charge in [0.2, 0.25) is 0 Å². The van der Waals surface area contributed by atoms with E-state index in [1.54, 1.807) is 18.3 Å². The summed E-state index contributed by atoms with van der Waals surface area (Å²) in [5.74, 6) is -1.09. The Morgan fingerprint density at radius 3 is 2.78 bits per heavy atom. The summed E-state index contributed by atoms with van der Waals surface area (Å²) in [6, 6.07) is 11.9. The number of benzene rings is 1. The third kappa shape index (κ3) is 3.01. The molecule has 3 rings (SSSR count). The van der Waals surface area contributed by atoms with Gasteiger partial charge in [-0.15, -0.1) is 0 Å². The molecule has 2 aromatic heterocycles. The van der Waals surface area contributed by atoms with E-state index in [1.165, 1.54) is 4.57 Å². The molecule has 118 valence electrons. The van der Waals surface area contributed by atoms with Crippen LogP contribution in [0, 0.1) is 0 Å². The van der Waals surface area contributed by atoms with Gasteiger partial charge >= 0.3 is 11.7 Å². The summed E-state index contributed by atoms with van der Waals surface area (Å²) in [5, 5.41) is 0. The van der Waals surface area contributed by atoms with Crippen LogP contribution in [0.15, 0.2) is 57.9 Å². The number of fused-ring (bicyclic) bond motifs is 1. The fraction of sp³-hybridized carbons (Fsp3) is 0.235. The lowest BCUT2D eigenvalue weighted by atomic mass is 10.2. The molecule has 0 aliphatic carbocycles. The van der Waals surface area contributed by atoms with Crippen molar-refractivity contribution in [3.63, 3.8) is 0 Å². The molecule has 0 aliphatic rings. The fourth-order valence-corrected chi connectivity index (χ4v) is 2.43. The van der Waals surface area contributed by atoms with Crippen molar-refractivity contribution < 1.29 is 13.9 Å². The lowest BCUT2D eigenvalue weighted by Gasteiger charge is -2.14. The third-order valence-electron chi connectivity index (χ3n) is 3.57. The molecule has 3 aromatic rings. The summed E-state index contributed by atoms with van der Waals surface area (Å²) in [4.78, 5) is 28.6. The van der Waals surface area contributed by atoms with Gasteiger partial charge in [-0.2, -0.15) is 0 Å². The van der Waals surface area contributed by atoms with Crippen molar-refractivity contribution in [3.8, 4) is 0 Å². The van der Waals surface area contributed by atoms with Crippen LogP contribution >= 0.6 is 0 Å². The largest absolute Gasteiger partial charge is 0.459 e. The molecule has 1 atom stereocenters. The lowest BCUT2D eigenvalue weighted by Crippen LogP contribution is -2.28. The van der Waals surface area contributed by atoms with Gasteiger partial charge < -0.3 is 9.15 Å². The zero-order chi connectivity index (χ0) is 16.2. The van der Waals surface area contributed by atoms with Gasteiger partial charge in [0.1, 0.15) is 12.6 Å². The number of carbonyl (C=O) groups is 1. The number of pyridine rings is 1. The topological polar surface area (TPSA) is 74.3 Å².